The molecule has 4 aromatic carbocycles. The minimum absolute atomic E-state index is 0.0183. The number of carbonyl (C=O) groups is 4. The third kappa shape index (κ3) is 4.76. The number of rotatable bonds is 7. The highest BCUT2D eigenvalue weighted by Gasteiger charge is 2.66. The summed E-state index contributed by atoms with van der Waals surface area (Å²) in [6, 6.07) is 29.0. The maximum Gasteiger partial charge on any atom is 0.271 e. The summed E-state index contributed by atoms with van der Waals surface area (Å²) in [5.74, 6) is -5.68. The molecule has 8 rings (SSSR count). The molecule has 0 aromatic heterocycles. The van der Waals surface area contributed by atoms with Crippen molar-refractivity contribution in [3.63, 3.8) is 0 Å². The van der Waals surface area contributed by atoms with Crippen LogP contribution in [0.2, 0.25) is 0 Å². The summed E-state index contributed by atoms with van der Waals surface area (Å²) in [6.45, 7) is 3.85. The number of ketones is 2. The number of amides is 2. The maximum atomic E-state index is 15.2. The van der Waals surface area contributed by atoms with Gasteiger partial charge in [-0.05, 0) is 54.0 Å². The Morgan fingerprint density at radius 3 is 2.31 bits per heavy atom. The lowest BCUT2D eigenvalue weighted by Crippen LogP contribution is -2.58. The first-order valence-electron chi connectivity index (χ1n) is 17.3. The van der Waals surface area contributed by atoms with Crippen molar-refractivity contribution in [3.8, 4) is 5.75 Å². The molecule has 9 nitrogen and oxygen atoms in total. The lowest BCUT2D eigenvalue weighted by molar-refractivity contribution is -0.384. The van der Waals surface area contributed by atoms with E-state index in [9.17, 15) is 24.8 Å². The molecule has 2 amide bonds. The molecule has 1 saturated heterocycles. The number of nitro benzene ring substituents is 1. The third-order valence-corrected chi connectivity index (χ3v) is 11.5. The summed E-state index contributed by atoms with van der Waals surface area (Å²) in [5.41, 5.74) is 1.63. The molecule has 258 valence electrons. The Balaban J connectivity index is 1.36. The van der Waals surface area contributed by atoms with Crippen LogP contribution in [0.4, 0.5) is 11.4 Å². The zero-order valence-corrected chi connectivity index (χ0v) is 28.1. The van der Waals surface area contributed by atoms with E-state index in [0.29, 0.717) is 34.2 Å². The van der Waals surface area contributed by atoms with Gasteiger partial charge in [0, 0.05) is 35.1 Å². The molecule has 9 heteroatoms. The van der Waals surface area contributed by atoms with Crippen molar-refractivity contribution < 1.29 is 29.2 Å². The first kappa shape index (κ1) is 33.0. The summed E-state index contributed by atoms with van der Waals surface area (Å²) in [5, 5.41) is 23.6. The van der Waals surface area contributed by atoms with Gasteiger partial charge in [0.05, 0.1) is 27.9 Å². The van der Waals surface area contributed by atoms with Crippen LogP contribution in [0.1, 0.15) is 41.0 Å². The number of phenols is 1. The predicted octanol–water partition coefficient (Wildman–Crippen LogP) is 7.06. The highest BCUT2D eigenvalue weighted by molar-refractivity contribution is 6.32. The van der Waals surface area contributed by atoms with Crippen molar-refractivity contribution in [1.29, 1.82) is 0 Å². The topological polar surface area (TPSA) is 135 Å². The number of fused-ring (bicyclic) bond motifs is 4. The molecule has 52 heavy (non-hydrogen) atoms. The van der Waals surface area contributed by atoms with Crippen LogP contribution in [0.15, 0.2) is 134 Å². The van der Waals surface area contributed by atoms with E-state index in [2.05, 4.69) is 6.58 Å². The van der Waals surface area contributed by atoms with Gasteiger partial charge in [-0.15, -0.1) is 6.58 Å². The van der Waals surface area contributed by atoms with Gasteiger partial charge in [0.2, 0.25) is 11.8 Å². The van der Waals surface area contributed by atoms with E-state index < -0.39 is 51.7 Å². The molecule has 6 atom stereocenters. The summed E-state index contributed by atoms with van der Waals surface area (Å²) >= 11 is 0. The molecule has 0 spiro atoms. The van der Waals surface area contributed by atoms with Crippen molar-refractivity contribution in [2.45, 2.75) is 30.6 Å². The van der Waals surface area contributed by atoms with Crippen LogP contribution in [0.3, 0.4) is 0 Å². The lowest BCUT2D eigenvalue weighted by atomic mass is 9.44. The normalized spacial score (nSPS) is 26.5. The number of hydrogen-bond acceptors (Lipinski definition) is 7. The maximum absolute atomic E-state index is 15.2. The molecule has 1 saturated carbocycles. The zero-order valence-electron chi connectivity index (χ0n) is 28.1. The molecule has 3 aliphatic carbocycles. The molecular weight excluding hydrogens is 656 g/mol. The van der Waals surface area contributed by atoms with E-state index in [1.54, 1.807) is 42.5 Å². The number of hydrogen-bond donors (Lipinski definition) is 1. The van der Waals surface area contributed by atoms with E-state index in [-0.39, 0.29) is 47.1 Å². The third-order valence-electron chi connectivity index (χ3n) is 11.5. The van der Waals surface area contributed by atoms with Gasteiger partial charge in [0.15, 0.2) is 11.6 Å². The van der Waals surface area contributed by atoms with Crippen LogP contribution in [0.25, 0.3) is 5.57 Å². The van der Waals surface area contributed by atoms with Crippen LogP contribution in [0, 0.1) is 33.8 Å². The number of nitro groups is 1. The standard InChI is InChI=1S/C43H34N2O7/c1-2-11-26-14-9-19-32(39(26)47)38-30-20-21-31-37(42(50)44(41(31)49)28-17-10-18-29(22-28)45(51)52)34(30)23-35-40(48)33(25-12-5-3-6-13-25)24-36(46)43(35,38)27-15-7-4-8-16-27/h2-10,12-20,22,24,31,34-35,37-38,47H,1,11,21,23H2. The smallest absolute Gasteiger partial charge is 0.271 e. The second kappa shape index (κ2) is 12.5. The molecule has 1 N–H and O–H groups in total. The number of aromatic hydroxyl groups is 1. The van der Waals surface area contributed by atoms with Crippen molar-refractivity contribution >= 4 is 40.3 Å². The number of carbonyl (C=O) groups excluding carboxylic acids is 4. The fourth-order valence-electron chi connectivity index (χ4n) is 9.38. The number of para-hydroxylation sites is 1. The van der Waals surface area contributed by atoms with Gasteiger partial charge >= 0.3 is 0 Å². The lowest BCUT2D eigenvalue weighted by Gasteiger charge is -2.55. The van der Waals surface area contributed by atoms with E-state index >= 15 is 9.59 Å². The van der Waals surface area contributed by atoms with E-state index in [0.717, 1.165) is 4.90 Å². The number of benzene rings is 4. The largest absolute Gasteiger partial charge is 0.507 e. The molecule has 1 aliphatic heterocycles. The van der Waals surface area contributed by atoms with Gasteiger partial charge in [-0.1, -0.05) is 103 Å². The predicted molar refractivity (Wildman–Crippen MR) is 194 cm³/mol. The quantitative estimate of drug-likeness (QED) is 0.0950. The average Bonchev–Trinajstić information content (AvgIpc) is 3.42. The SMILES string of the molecule is C=CCc1cccc(C2C3=CCC4C(=O)N(c5cccc([N+](=O)[O-])c5)C(=O)C4C3CC3C(=O)C(c4ccccc4)=CC(=O)C32c2ccccc2)c1O. The Hall–Kier alpha value is -6.22. The fourth-order valence-corrected chi connectivity index (χ4v) is 9.38. The number of allylic oxidation sites excluding steroid dienone is 5. The molecular formula is C43H34N2O7. The Bertz CT molecular complexity index is 2260. The second-order valence-electron chi connectivity index (χ2n) is 13.9. The van der Waals surface area contributed by atoms with Gasteiger partial charge in [0.25, 0.3) is 5.69 Å². The van der Waals surface area contributed by atoms with Gasteiger partial charge in [-0.25, -0.2) is 4.90 Å². The molecule has 4 aromatic rings. The number of non-ortho nitro benzene ring substituents is 1. The number of nitrogens with zero attached hydrogens (tertiary/aromatic N) is 2. The van der Waals surface area contributed by atoms with E-state index in [1.165, 1.54) is 30.3 Å². The van der Waals surface area contributed by atoms with Crippen LogP contribution < -0.4 is 4.90 Å². The van der Waals surface area contributed by atoms with Crippen LogP contribution in [-0.2, 0) is 31.0 Å². The van der Waals surface area contributed by atoms with E-state index in [4.69, 9.17) is 0 Å². The first-order chi connectivity index (χ1) is 25.2. The Labute approximate surface area is 299 Å². The Morgan fingerprint density at radius 1 is 0.885 bits per heavy atom. The number of Topliss-reactive ketones (excluding diaryl/α,β-unsaturated/α-hetero) is 1. The van der Waals surface area contributed by atoms with Crippen LogP contribution in [-0.4, -0.2) is 33.4 Å². The number of phenolic OH excluding ortho intramolecular Hbond substituents is 1. The molecule has 2 fully saturated rings. The van der Waals surface area contributed by atoms with Crippen LogP contribution in [0.5, 0.6) is 5.75 Å². The molecule has 0 radical (unpaired) electrons. The van der Waals surface area contributed by atoms with Crippen molar-refractivity contribution in [3.05, 3.63) is 166 Å². The minimum Gasteiger partial charge on any atom is -0.507 e. The molecule has 4 aliphatic rings. The first-order valence-corrected chi connectivity index (χ1v) is 17.3. The van der Waals surface area contributed by atoms with Crippen molar-refractivity contribution in [2.24, 2.45) is 23.7 Å². The highest BCUT2D eigenvalue weighted by Crippen LogP contribution is 2.64. The Morgan fingerprint density at radius 2 is 1.60 bits per heavy atom. The molecule has 1 heterocycles. The summed E-state index contributed by atoms with van der Waals surface area (Å²) < 4.78 is 0. The highest BCUT2D eigenvalue weighted by atomic mass is 16.6. The average molecular weight is 691 g/mol. The Kier molecular flexibility index (Phi) is 7.94. The van der Waals surface area contributed by atoms with Gasteiger partial charge < -0.3 is 5.11 Å². The molecule has 0 bridgehead atoms. The monoisotopic (exact) mass is 690 g/mol. The fraction of sp³-hybridized carbons (Fsp3) is 0.209. The zero-order chi connectivity index (χ0) is 36.3. The van der Waals surface area contributed by atoms with Crippen molar-refractivity contribution in [2.75, 3.05) is 4.90 Å². The van der Waals surface area contributed by atoms with E-state index in [1.807, 2.05) is 48.5 Å². The van der Waals surface area contributed by atoms with Gasteiger partial charge in [-0.2, -0.15) is 0 Å². The molecule has 6 unspecified atom stereocenters. The minimum atomic E-state index is -1.48. The number of anilines is 1. The second-order valence-corrected chi connectivity index (χ2v) is 13.9. The van der Waals surface area contributed by atoms with Gasteiger partial charge in [-0.3, -0.25) is 29.3 Å². The van der Waals surface area contributed by atoms with Crippen LogP contribution >= 0.6 is 0 Å². The summed E-state index contributed by atoms with van der Waals surface area (Å²) in [7, 11) is 0. The number of imide groups is 1. The van der Waals surface area contributed by atoms with Gasteiger partial charge in [0.1, 0.15) is 5.75 Å². The summed E-state index contributed by atoms with van der Waals surface area (Å²) in [4.78, 5) is 71.0. The van der Waals surface area contributed by atoms with Crippen molar-refractivity contribution in [1.82, 2.24) is 0 Å². The summed E-state index contributed by atoms with van der Waals surface area (Å²) in [6.07, 6.45) is 5.68.